The van der Waals surface area contributed by atoms with E-state index in [1.54, 1.807) is 0 Å². The summed E-state index contributed by atoms with van der Waals surface area (Å²) in [6, 6.07) is 2.50. The predicted molar refractivity (Wildman–Crippen MR) is 63.2 cm³/mol. The molecule has 4 nitrogen and oxygen atoms in total. The Bertz CT molecular complexity index is 351. The van der Waals surface area contributed by atoms with Gasteiger partial charge in [-0.25, -0.2) is 0 Å². The van der Waals surface area contributed by atoms with Crippen molar-refractivity contribution in [1.29, 1.82) is 0 Å². The minimum Gasteiger partial charge on any atom is -0.388 e. The number of aliphatic hydroxyl groups is 1. The van der Waals surface area contributed by atoms with Crippen molar-refractivity contribution >= 4 is 0 Å². The number of rotatable bonds is 3. The van der Waals surface area contributed by atoms with Gasteiger partial charge in [0.15, 0.2) is 0 Å². The monoisotopic (exact) mass is 223 g/mol. The molecule has 1 aromatic rings. The predicted octanol–water partition coefficient (Wildman–Crippen LogP) is 0.808. The van der Waals surface area contributed by atoms with Crippen LogP contribution in [0.4, 0.5) is 0 Å². The van der Waals surface area contributed by atoms with Gasteiger partial charge in [0.05, 0.1) is 5.60 Å². The van der Waals surface area contributed by atoms with Gasteiger partial charge in [0.25, 0.3) is 0 Å². The molecule has 0 amide bonds. The Morgan fingerprint density at radius 3 is 2.81 bits per heavy atom. The Kier molecular flexibility index (Phi) is 3.04. The average molecular weight is 223 g/mol. The molecule has 0 spiro atoms. The van der Waals surface area contributed by atoms with Crippen molar-refractivity contribution in [3.63, 3.8) is 0 Å². The smallest absolute Gasteiger partial charge is 0.0792 e. The molecular weight excluding hydrogens is 202 g/mol. The van der Waals surface area contributed by atoms with Crippen molar-refractivity contribution in [3.8, 4) is 0 Å². The van der Waals surface area contributed by atoms with E-state index in [-0.39, 0.29) is 0 Å². The van der Waals surface area contributed by atoms with Crippen molar-refractivity contribution in [2.75, 3.05) is 13.6 Å². The summed E-state index contributed by atoms with van der Waals surface area (Å²) in [6.45, 7) is 2.95. The first-order valence-electron chi connectivity index (χ1n) is 5.90. The molecule has 0 aromatic carbocycles. The van der Waals surface area contributed by atoms with Gasteiger partial charge in [-0.3, -0.25) is 4.68 Å². The summed E-state index contributed by atoms with van der Waals surface area (Å²) < 4.78 is 1.88. The third kappa shape index (κ3) is 2.28. The first kappa shape index (κ1) is 11.6. The molecule has 0 bridgehead atoms. The number of aryl methyl sites for hydroxylation is 2. The van der Waals surface area contributed by atoms with Gasteiger partial charge in [-0.2, -0.15) is 5.10 Å². The summed E-state index contributed by atoms with van der Waals surface area (Å²) in [4.78, 5) is 2.23. The molecular formula is C12H21N3O. The van der Waals surface area contributed by atoms with Crippen LogP contribution in [0.2, 0.25) is 0 Å². The number of hydrogen-bond donors (Lipinski definition) is 1. The average Bonchev–Trinajstić information content (AvgIpc) is 2.70. The first-order chi connectivity index (χ1) is 7.50. The highest BCUT2D eigenvalue weighted by Crippen LogP contribution is 2.29. The third-order valence-electron chi connectivity index (χ3n) is 3.74. The van der Waals surface area contributed by atoms with Crippen molar-refractivity contribution < 1.29 is 5.11 Å². The quantitative estimate of drug-likeness (QED) is 0.824. The summed E-state index contributed by atoms with van der Waals surface area (Å²) in [7, 11) is 4.02. The maximum Gasteiger partial charge on any atom is 0.0792 e. The van der Waals surface area contributed by atoms with E-state index >= 15 is 0 Å². The Labute approximate surface area is 96.9 Å². The Balaban J connectivity index is 1.93. The third-order valence-corrected chi connectivity index (χ3v) is 3.74. The van der Waals surface area contributed by atoms with E-state index in [1.807, 2.05) is 24.0 Å². The van der Waals surface area contributed by atoms with Gasteiger partial charge in [-0.1, -0.05) is 0 Å². The van der Waals surface area contributed by atoms with Crippen molar-refractivity contribution in [3.05, 3.63) is 18.0 Å². The zero-order valence-corrected chi connectivity index (χ0v) is 10.3. The van der Waals surface area contributed by atoms with E-state index < -0.39 is 5.60 Å². The van der Waals surface area contributed by atoms with Crippen LogP contribution in [-0.4, -0.2) is 45.0 Å². The number of aromatic nitrogens is 2. The van der Waals surface area contributed by atoms with Crippen LogP contribution in [0.1, 0.15) is 25.5 Å². The van der Waals surface area contributed by atoms with Gasteiger partial charge >= 0.3 is 0 Å². The lowest BCUT2D eigenvalue weighted by atomic mass is 9.94. The molecule has 16 heavy (non-hydrogen) atoms. The fraction of sp³-hybridized carbons (Fsp3) is 0.750. The molecule has 90 valence electrons. The lowest BCUT2D eigenvalue weighted by Crippen LogP contribution is -2.32. The molecule has 1 aromatic heterocycles. The van der Waals surface area contributed by atoms with E-state index in [0.29, 0.717) is 6.04 Å². The standard InChI is InChI=1S/C12H21N3O/c1-10-8-12(16,9-14(10)2)6-4-11-5-7-13-15(11)3/h5,7,10,16H,4,6,8-9H2,1-3H3. The van der Waals surface area contributed by atoms with E-state index in [0.717, 1.165) is 25.8 Å². The molecule has 1 saturated heterocycles. The molecule has 2 rings (SSSR count). The zero-order valence-electron chi connectivity index (χ0n) is 10.3. The lowest BCUT2D eigenvalue weighted by Gasteiger charge is -2.22. The van der Waals surface area contributed by atoms with Gasteiger partial charge in [0.2, 0.25) is 0 Å². The number of likely N-dealkylation sites (tertiary alicyclic amines) is 1. The molecule has 1 fully saturated rings. The highest BCUT2D eigenvalue weighted by atomic mass is 16.3. The summed E-state index contributed by atoms with van der Waals surface area (Å²) in [5, 5.41) is 14.6. The van der Waals surface area contributed by atoms with Crippen molar-refractivity contribution in [2.45, 2.75) is 37.8 Å². The van der Waals surface area contributed by atoms with Crippen LogP contribution in [0.25, 0.3) is 0 Å². The minimum atomic E-state index is -0.515. The molecule has 1 N–H and O–H groups in total. The SMILES string of the molecule is CC1CC(O)(CCc2ccnn2C)CN1C. The maximum absolute atomic E-state index is 10.5. The van der Waals surface area contributed by atoms with Crippen LogP contribution >= 0.6 is 0 Å². The summed E-state index contributed by atoms with van der Waals surface area (Å²) in [5.41, 5.74) is 0.675. The van der Waals surface area contributed by atoms with E-state index in [1.165, 1.54) is 5.69 Å². The van der Waals surface area contributed by atoms with Crippen LogP contribution < -0.4 is 0 Å². The Morgan fingerprint density at radius 1 is 1.56 bits per heavy atom. The van der Waals surface area contributed by atoms with Crippen LogP contribution in [0.3, 0.4) is 0 Å². The molecule has 1 aliphatic heterocycles. The van der Waals surface area contributed by atoms with Gasteiger partial charge < -0.3 is 10.0 Å². The highest BCUT2D eigenvalue weighted by Gasteiger charge is 2.38. The number of β-amino-alcohol motifs (C(OH)–C–C–N with tert-alkyl or cyclic N) is 1. The summed E-state index contributed by atoms with van der Waals surface area (Å²) in [6.07, 6.45) is 4.40. The maximum atomic E-state index is 10.5. The van der Waals surface area contributed by atoms with E-state index in [9.17, 15) is 5.11 Å². The fourth-order valence-corrected chi connectivity index (χ4v) is 2.58. The second-order valence-corrected chi connectivity index (χ2v) is 5.14. The van der Waals surface area contributed by atoms with Gasteiger partial charge in [0, 0.05) is 31.5 Å². The lowest BCUT2D eigenvalue weighted by molar-refractivity contribution is 0.0427. The molecule has 4 heteroatoms. The normalized spacial score (nSPS) is 31.1. The molecule has 1 aliphatic rings. The Morgan fingerprint density at radius 2 is 2.31 bits per heavy atom. The molecule has 0 radical (unpaired) electrons. The topological polar surface area (TPSA) is 41.3 Å². The Hall–Kier alpha value is -0.870. The molecule has 0 saturated carbocycles. The largest absolute Gasteiger partial charge is 0.388 e. The molecule has 2 heterocycles. The summed E-state index contributed by atoms with van der Waals surface area (Å²) >= 11 is 0. The van der Waals surface area contributed by atoms with Crippen molar-refractivity contribution in [2.24, 2.45) is 7.05 Å². The summed E-state index contributed by atoms with van der Waals surface area (Å²) in [5.74, 6) is 0. The molecule has 2 atom stereocenters. The van der Waals surface area contributed by atoms with Gasteiger partial charge in [0.1, 0.15) is 0 Å². The highest BCUT2D eigenvalue weighted by molar-refractivity contribution is 5.03. The number of hydrogen-bond acceptors (Lipinski definition) is 3. The van der Waals surface area contributed by atoms with Crippen LogP contribution in [-0.2, 0) is 13.5 Å². The van der Waals surface area contributed by atoms with E-state index in [2.05, 4.69) is 24.0 Å². The minimum absolute atomic E-state index is 0.483. The van der Waals surface area contributed by atoms with Crippen molar-refractivity contribution in [1.82, 2.24) is 14.7 Å². The number of nitrogens with zero attached hydrogens (tertiary/aromatic N) is 3. The molecule has 2 unspecified atom stereocenters. The second-order valence-electron chi connectivity index (χ2n) is 5.14. The van der Waals surface area contributed by atoms with Crippen LogP contribution in [0.5, 0.6) is 0 Å². The van der Waals surface area contributed by atoms with Gasteiger partial charge in [-0.15, -0.1) is 0 Å². The van der Waals surface area contributed by atoms with Gasteiger partial charge in [-0.05, 0) is 39.3 Å². The number of likely N-dealkylation sites (N-methyl/N-ethyl adjacent to an activating group) is 1. The van der Waals surface area contributed by atoms with E-state index in [4.69, 9.17) is 0 Å². The zero-order chi connectivity index (χ0) is 11.8. The molecule has 0 aliphatic carbocycles. The van der Waals surface area contributed by atoms with Crippen LogP contribution in [0.15, 0.2) is 12.3 Å². The second kappa shape index (κ2) is 4.18. The fourth-order valence-electron chi connectivity index (χ4n) is 2.58. The van der Waals surface area contributed by atoms with Crippen LogP contribution in [0, 0.1) is 0 Å². The first-order valence-corrected chi connectivity index (χ1v) is 5.90.